The molecule has 0 fully saturated rings. The van der Waals surface area contributed by atoms with Gasteiger partial charge in [-0.1, -0.05) is 0 Å². The van der Waals surface area contributed by atoms with Crippen LogP contribution >= 0.6 is 12.6 Å². The van der Waals surface area contributed by atoms with Crippen molar-refractivity contribution in [3.8, 4) is 0 Å². The van der Waals surface area contributed by atoms with E-state index in [1.165, 1.54) is 0 Å². The molecule has 1 aromatic rings. The van der Waals surface area contributed by atoms with Crippen LogP contribution in [0.5, 0.6) is 0 Å². The topological polar surface area (TPSA) is 30.2 Å². The summed E-state index contributed by atoms with van der Waals surface area (Å²) in [7, 11) is 0. The first-order valence-corrected chi connectivity index (χ1v) is 5.03. The number of Topliss-reactive ketones (excluding diaryl/α,β-unsaturated/α-hetero) is 1. The van der Waals surface area contributed by atoms with Gasteiger partial charge >= 0.3 is 0 Å². The third-order valence-electron chi connectivity index (χ3n) is 2.43. The van der Waals surface area contributed by atoms with Crippen molar-refractivity contribution in [2.75, 3.05) is 0 Å². The Morgan fingerprint density at radius 3 is 3.00 bits per heavy atom. The summed E-state index contributed by atoms with van der Waals surface area (Å²) < 4.78 is 5.35. The first kappa shape index (κ1) is 8.88. The first-order chi connectivity index (χ1) is 6.20. The van der Waals surface area contributed by atoms with Gasteiger partial charge < -0.3 is 4.42 Å². The van der Waals surface area contributed by atoms with Crippen molar-refractivity contribution >= 4 is 18.4 Å². The Hall–Kier alpha value is -0.700. The lowest BCUT2D eigenvalue weighted by atomic mass is 9.93. The van der Waals surface area contributed by atoms with Crippen LogP contribution < -0.4 is 0 Å². The zero-order chi connectivity index (χ0) is 9.42. The van der Waals surface area contributed by atoms with E-state index in [0.717, 1.165) is 29.7 Å². The molecule has 70 valence electrons. The van der Waals surface area contributed by atoms with E-state index in [-0.39, 0.29) is 11.0 Å². The lowest BCUT2D eigenvalue weighted by Crippen LogP contribution is -2.10. The fourth-order valence-corrected chi connectivity index (χ4v) is 1.95. The Bertz CT molecular complexity index is 339. The summed E-state index contributed by atoms with van der Waals surface area (Å²) in [5.41, 5.74) is 1.75. The fourth-order valence-electron chi connectivity index (χ4n) is 1.76. The van der Waals surface area contributed by atoms with Crippen LogP contribution in [0.15, 0.2) is 10.7 Å². The number of fused-ring (bicyclic) bond motifs is 1. The van der Waals surface area contributed by atoms with Gasteiger partial charge in [-0.15, -0.1) is 0 Å². The van der Waals surface area contributed by atoms with E-state index in [1.807, 2.05) is 6.92 Å². The summed E-state index contributed by atoms with van der Waals surface area (Å²) in [5, 5.41) is 0.0783. The van der Waals surface area contributed by atoms with Crippen molar-refractivity contribution in [1.82, 2.24) is 0 Å². The second kappa shape index (κ2) is 3.22. The van der Waals surface area contributed by atoms with Crippen LogP contribution in [0.4, 0.5) is 0 Å². The van der Waals surface area contributed by atoms with Crippen LogP contribution in [0.25, 0.3) is 0 Å². The van der Waals surface area contributed by atoms with Gasteiger partial charge in [0.2, 0.25) is 0 Å². The molecule has 1 heterocycles. The molecule has 0 radical (unpaired) electrons. The third-order valence-corrected chi connectivity index (χ3v) is 2.71. The first-order valence-electron chi connectivity index (χ1n) is 4.51. The number of carbonyl (C=O) groups is 1. The summed E-state index contributed by atoms with van der Waals surface area (Å²) in [5.74, 6) is 1.07. The van der Waals surface area contributed by atoms with Crippen molar-refractivity contribution in [2.45, 2.75) is 31.4 Å². The highest BCUT2D eigenvalue weighted by Crippen LogP contribution is 2.32. The van der Waals surface area contributed by atoms with E-state index in [1.54, 1.807) is 6.26 Å². The molecule has 0 N–H and O–H groups in total. The second-order valence-electron chi connectivity index (χ2n) is 3.44. The summed E-state index contributed by atoms with van der Waals surface area (Å²) in [6, 6.07) is 0. The standard InChI is InChI=1S/C10H12O2S/c1-6(13)7-5-12-9-4-2-3-8(11)10(7)9/h5-6,13H,2-4H2,1H3. The van der Waals surface area contributed by atoms with E-state index in [0.29, 0.717) is 6.42 Å². The number of hydrogen-bond acceptors (Lipinski definition) is 3. The summed E-state index contributed by atoms with van der Waals surface area (Å²) in [4.78, 5) is 11.6. The number of ketones is 1. The quantitative estimate of drug-likeness (QED) is 0.700. The zero-order valence-electron chi connectivity index (χ0n) is 7.54. The maximum absolute atomic E-state index is 11.6. The van der Waals surface area contributed by atoms with E-state index in [4.69, 9.17) is 4.42 Å². The average Bonchev–Trinajstić information content (AvgIpc) is 2.49. The smallest absolute Gasteiger partial charge is 0.166 e. The van der Waals surface area contributed by atoms with Gasteiger partial charge in [0, 0.05) is 23.7 Å². The van der Waals surface area contributed by atoms with Crippen molar-refractivity contribution in [1.29, 1.82) is 0 Å². The van der Waals surface area contributed by atoms with Crippen LogP contribution in [0.1, 0.15) is 46.7 Å². The van der Waals surface area contributed by atoms with Crippen LogP contribution in [0.2, 0.25) is 0 Å². The van der Waals surface area contributed by atoms with Crippen molar-refractivity contribution in [2.24, 2.45) is 0 Å². The molecule has 0 saturated heterocycles. The highest BCUT2D eigenvalue weighted by atomic mass is 32.1. The monoisotopic (exact) mass is 196 g/mol. The van der Waals surface area contributed by atoms with E-state index < -0.39 is 0 Å². The Morgan fingerprint density at radius 2 is 2.31 bits per heavy atom. The van der Waals surface area contributed by atoms with Crippen molar-refractivity contribution in [3.05, 3.63) is 23.2 Å². The van der Waals surface area contributed by atoms with Gasteiger partial charge in [0.25, 0.3) is 0 Å². The molecular formula is C10H12O2S. The molecule has 13 heavy (non-hydrogen) atoms. The molecule has 2 nitrogen and oxygen atoms in total. The van der Waals surface area contributed by atoms with E-state index >= 15 is 0 Å². The molecule has 1 atom stereocenters. The molecule has 3 heteroatoms. The van der Waals surface area contributed by atoms with Crippen LogP contribution in [0.3, 0.4) is 0 Å². The van der Waals surface area contributed by atoms with Crippen LogP contribution in [-0.2, 0) is 6.42 Å². The predicted molar refractivity (Wildman–Crippen MR) is 53.4 cm³/mol. The fraction of sp³-hybridized carbons (Fsp3) is 0.500. The summed E-state index contributed by atoms with van der Waals surface area (Å²) >= 11 is 4.32. The molecule has 2 rings (SSSR count). The zero-order valence-corrected chi connectivity index (χ0v) is 8.43. The summed E-state index contributed by atoms with van der Waals surface area (Å²) in [6.07, 6.45) is 4.13. The second-order valence-corrected chi connectivity index (χ2v) is 4.22. The van der Waals surface area contributed by atoms with Crippen LogP contribution in [0, 0.1) is 0 Å². The van der Waals surface area contributed by atoms with Crippen LogP contribution in [-0.4, -0.2) is 5.78 Å². The maximum atomic E-state index is 11.6. The third kappa shape index (κ3) is 1.41. The average molecular weight is 196 g/mol. The highest BCUT2D eigenvalue weighted by Gasteiger charge is 2.25. The Balaban J connectivity index is 2.50. The minimum Gasteiger partial charge on any atom is -0.468 e. The molecule has 1 unspecified atom stereocenters. The number of rotatable bonds is 1. The molecular weight excluding hydrogens is 184 g/mol. The molecule has 0 aliphatic heterocycles. The number of thiol groups is 1. The summed E-state index contributed by atoms with van der Waals surface area (Å²) in [6.45, 7) is 1.95. The Kier molecular flexibility index (Phi) is 2.20. The predicted octanol–water partition coefficient (Wildman–Crippen LogP) is 2.79. The molecule has 0 saturated carbocycles. The van der Waals surface area contributed by atoms with Gasteiger partial charge in [-0.05, 0) is 13.3 Å². The molecule has 0 aromatic carbocycles. The van der Waals surface area contributed by atoms with Gasteiger partial charge in [0.05, 0.1) is 11.8 Å². The van der Waals surface area contributed by atoms with Gasteiger partial charge in [-0.3, -0.25) is 4.79 Å². The SMILES string of the molecule is CC(S)c1coc2c1C(=O)CCC2. The Labute approximate surface area is 82.7 Å². The number of furan rings is 1. The number of carbonyl (C=O) groups excluding carboxylic acids is 1. The molecule has 1 aliphatic carbocycles. The van der Waals surface area contributed by atoms with E-state index in [2.05, 4.69) is 12.6 Å². The molecule has 1 aromatic heterocycles. The van der Waals surface area contributed by atoms with E-state index in [9.17, 15) is 4.79 Å². The minimum atomic E-state index is 0.0783. The molecule has 0 spiro atoms. The molecule has 0 amide bonds. The minimum absolute atomic E-state index is 0.0783. The van der Waals surface area contributed by atoms with Crippen molar-refractivity contribution < 1.29 is 9.21 Å². The normalized spacial score (nSPS) is 18.5. The number of aryl methyl sites for hydroxylation is 1. The van der Waals surface area contributed by atoms with Gasteiger partial charge in [-0.25, -0.2) is 0 Å². The van der Waals surface area contributed by atoms with Gasteiger partial charge in [0.1, 0.15) is 5.76 Å². The van der Waals surface area contributed by atoms with Gasteiger partial charge in [0.15, 0.2) is 5.78 Å². The molecule has 0 bridgehead atoms. The lowest BCUT2D eigenvalue weighted by molar-refractivity contribution is 0.0968. The lowest BCUT2D eigenvalue weighted by Gasteiger charge is -2.10. The number of hydrogen-bond donors (Lipinski definition) is 1. The van der Waals surface area contributed by atoms with Crippen molar-refractivity contribution in [3.63, 3.8) is 0 Å². The van der Waals surface area contributed by atoms with Gasteiger partial charge in [-0.2, -0.15) is 12.6 Å². The highest BCUT2D eigenvalue weighted by molar-refractivity contribution is 7.80. The molecule has 1 aliphatic rings. The maximum Gasteiger partial charge on any atom is 0.166 e. The largest absolute Gasteiger partial charge is 0.468 e. The Morgan fingerprint density at radius 1 is 1.54 bits per heavy atom.